The van der Waals surface area contributed by atoms with Gasteiger partial charge in [-0.25, -0.2) is 4.39 Å². The molecule has 1 saturated heterocycles. The van der Waals surface area contributed by atoms with Crippen LogP contribution in [0.1, 0.15) is 58.3 Å². The Kier molecular flexibility index (Phi) is 9.56. The normalized spacial score (nSPS) is 25.9. The van der Waals surface area contributed by atoms with Gasteiger partial charge in [-0.05, 0) is 12.8 Å². The monoisotopic (exact) mass is 426 g/mol. The summed E-state index contributed by atoms with van der Waals surface area (Å²) in [4.78, 5) is 0. The highest BCUT2D eigenvalue weighted by atomic mass is 19.3. The van der Waals surface area contributed by atoms with Gasteiger partial charge in [-0.2, -0.15) is 17.6 Å². The quantitative estimate of drug-likeness (QED) is 0.275. The van der Waals surface area contributed by atoms with Crippen molar-refractivity contribution in [3.8, 4) is 0 Å². The molecule has 1 atom stereocenters. The van der Waals surface area contributed by atoms with Crippen LogP contribution in [-0.4, -0.2) is 44.3 Å². The largest absolute Gasteiger partial charge is 0.422 e. The Morgan fingerprint density at radius 3 is 2.28 bits per heavy atom. The Labute approximate surface area is 169 Å². The zero-order valence-electron chi connectivity index (χ0n) is 16.9. The first-order valence-electron chi connectivity index (χ1n) is 10.4. The van der Waals surface area contributed by atoms with Crippen LogP contribution in [0.3, 0.4) is 0 Å². The lowest BCUT2D eigenvalue weighted by atomic mass is 10.00. The maximum atomic E-state index is 13.4. The number of ether oxygens (including phenoxy) is 3. The smallest absolute Gasteiger partial charge is 0.348 e. The molecule has 1 aliphatic heterocycles. The second kappa shape index (κ2) is 11.4. The van der Waals surface area contributed by atoms with Crippen LogP contribution in [0.5, 0.6) is 0 Å². The van der Waals surface area contributed by atoms with Crippen molar-refractivity contribution in [3.05, 3.63) is 23.8 Å². The van der Waals surface area contributed by atoms with Crippen molar-refractivity contribution in [1.82, 2.24) is 0 Å². The highest BCUT2D eigenvalue weighted by Gasteiger charge is 2.59. The maximum absolute atomic E-state index is 13.4. The van der Waals surface area contributed by atoms with E-state index in [0.717, 1.165) is 12.8 Å². The second-order valence-electron chi connectivity index (χ2n) is 7.73. The van der Waals surface area contributed by atoms with Crippen LogP contribution < -0.4 is 0 Å². The van der Waals surface area contributed by atoms with Gasteiger partial charge in [0.25, 0.3) is 0 Å². The Bertz CT molecular complexity index is 542. The SMILES string of the molecule is CCCCCCCCC1COC(C2=CCC(OC(F)(F)C(F)(F)CF)C=C2)OC1. The molecule has 0 aromatic rings. The molecule has 0 saturated carbocycles. The summed E-state index contributed by atoms with van der Waals surface area (Å²) in [7, 11) is 0. The summed E-state index contributed by atoms with van der Waals surface area (Å²) in [5.74, 6) is -4.52. The van der Waals surface area contributed by atoms with E-state index < -0.39 is 31.1 Å². The highest BCUT2D eigenvalue weighted by molar-refractivity contribution is 5.27. The predicted octanol–water partition coefficient (Wildman–Crippen LogP) is 6.20. The molecule has 0 aromatic carbocycles. The minimum Gasteiger partial charge on any atom is -0.348 e. The van der Waals surface area contributed by atoms with Crippen molar-refractivity contribution in [2.75, 3.05) is 19.9 Å². The molecule has 0 amide bonds. The highest BCUT2D eigenvalue weighted by Crippen LogP contribution is 2.38. The lowest BCUT2D eigenvalue weighted by Gasteiger charge is -2.32. The molecule has 29 heavy (non-hydrogen) atoms. The van der Waals surface area contributed by atoms with Gasteiger partial charge in [0.05, 0.1) is 19.3 Å². The average Bonchev–Trinajstić information content (AvgIpc) is 2.71. The fourth-order valence-corrected chi connectivity index (χ4v) is 3.35. The van der Waals surface area contributed by atoms with Crippen LogP contribution >= 0.6 is 0 Å². The number of halogens is 5. The zero-order valence-corrected chi connectivity index (χ0v) is 16.9. The summed E-state index contributed by atoms with van der Waals surface area (Å²) in [5, 5.41) is 0. The van der Waals surface area contributed by atoms with Crippen molar-refractivity contribution in [2.45, 2.75) is 82.7 Å². The third kappa shape index (κ3) is 7.33. The first-order valence-corrected chi connectivity index (χ1v) is 10.4. The van der Waals surface area contributed by atoms with E-state index in [2.05, 4.69) is 11.7 Å². The first-order chi connectivity index (χ1) is 13.8. The van der Waals surface area contributed by atoms with Gasteiger partial charge < -0.3 is 14.2 Å². The minimum absolute atomic E-state index is 0.0474. The Morgan fingerprint density at radius 1 is 1.03 bits per heavy atom. The lowest BCUT2D eigenvalue weighted by molar-refractivity contribution is -0.358. The van der Waals surface area contributed by atoms with E-state index in [1.54, 1.807) is 6.08 Å². The molecule has 1 aliphatic carbocycles. The molecule has 1 unspecified atom stereocenters. The minimum atomic E-state index is -4.87. The summed E-state index contributed by atoms with van der Waals surface area (Å²) < 4.78 is 80.3. The third-order valence-corrected chi connectivity index (χ3v) is 5.19. The summed E-state index contributed by atoms with van der Waals surface area (Å²) in [6.45, 7) is 0.829. The van der Waals surface area contributed by atoms with Gasteiger partial charge in [-0.1, -0.05) is 63.7 Å². The lowest BCUT2D eigenvalue weighted by Crippen LogP contribution is -2.46. The third-order valence-electron chi connectivity index (χ3n) is 5.19. The summed E-state index contributed by atoms with van der Waals surface area (Å²) in [6, 6.07) is 0. The molecule has 8 heteroatoms. The van der Waals surface area contributed by atoms with Crippen molar-refractivity contribution in [2.24, 2.45) is 5.92 Å². The van der Waals surface area contributed by atoms with Crippen molar-refractivity contribution < 1.29 is 36.2 Å². The molecular formula is C21H31F5O3. The molecule has 0 spiro atoms. The molecule has 168 valence electrons. The Balaban J connectivity index is 1.69. The van der Waals surface area contributed by atoms with E-state index in [1.165, 1.54) is 44.3 Å². The number of hydrogen-bond donors (Lipinski definition) is 0. The molecule has 1 fully saturated rings. The molecule has 2 aliphatic rings. The number of unbranched alkanes of at least 4 members (excludes halogenated alkanes) is 5. The molecule has 0 bridgehead atoms. The van der Waals surface area contributed by atoms with E-state index in [9.17, 15) is 22.0 Å². The van der Waals surface area contributed by atoms with Crippen LogP contribution in [0.15, 0.2) is 23.8 Å². The standard InChI is InChI=1S/C21H31F5O3/c1-2-3-4-5-6-7-8-16-13-27-19(28-14-16)17-9-11-18(12-10-17)29-21(25,26)20(23,24)15-22/h9-11,16,18-19H,2-8,12-15H2,1H3. The van der Waals surface area contributed by atoms with Crippen LogP contribution in [0.4, 0.5) is 22.0 Å². The molecule has 0 radical (unpaired) electrons. The van der Waals surface area contributed by atoms with Gasteiger partial charge in [0.1, 0.15) is 0 Å². The van der Waals surface area contributed by atoms with Crippen LogP contribution in [-0.2, 0) is 14.2 Å². The predicted molar refractivity (Wildman–Crippen MR) is 99.8 cm³/mol. The molecule has 0 N–H and O–H groups in total. The Morgan fingerprint density at radius 2 is 1.69 bits per heavy atom. The van der Waals surface area contributed by atoms with E-state index in [1.807, 2.05) is 0 Å². The van der Waals surface area contributed by atoms with Gasteiger partial charge in [0, 0.05) is 11.5 Å². The second-order valence-corrected chi connectivity index (χ2v) is 7.73. The van der Waals surface area contributed by atoms with Gasteiger partial charge in [0.15, 0.2) is 13.0 Å². The van der Waals surface area contributed by atoms with Crippen LogP contribution in [0.25, 0.3) is 0 Å². The van der Waals surface area contributed by atoms with Gasteiger partial charge in [-0.15, -0.1) is 0 Å². The Hall–Kier alpha value is -0.990. The van der Waals surface area contributed by atoms with Crippen molar-refractivity contribution in [1.29, 1.82) is 0 Å². The van der Waals surface area contributed by atoms with Crippen LogP contribution in [0, 0.1) is 5.92 Å². The van der Waals surface area contributed by atoms with Gasteiger partial charge in [-0.3, -0.25) is 0 Å². The van der Waals surface area contributed by atoms with E-state index in [-0.39, 0.29) is 6.42 Å². The molecule has 1 heterocycles. The fraction of sp³-hybridized carbons (Fsp3) is 0.810. The zero-order chi connectivity index (χ0) is 21.3. The van der Waals surface area contributed by atoms with Crippen molar-refractivity contribution >= 4 is 0 Å². The molecule has 0 aromatic heterocycles. The van der Waals surface area contributed by atoms with Crippen LogP contribution in [0.2, 0.25) is 0 Å². The topological polar surface area (TPSA) is 27.7 Å². The summed E-state index contributed by atoms with van der Waals surface area (Å²) in [6.07, 6.45) is 5.93. The van der Waals surface area contributed by atoms with Gasteiger partial charge in [0.2, 0.25) is 0 Å². The average molecular weight is 426 g/mol. The fourth-order valence-electron chi connectivity index (χ4n) is 3.35. The van der Waals surface area contributed by atoms with Gasteiger partial charge >= 0.3 is 12.0 Å². The summed E-state index contributed by atoms with van der Waals surface area (Å²) >= 11 is 0. The number of alkyl halides is 5. The summed E-state index contributed by atoms with van der Waals surface area (Å²) in [5.41, 5.74) is 0.642. The van der Waals surface area contributed by atoms with E-state index in [0.29, 0.717) is 24.7 Å². The number of hydrogen-bond acceptors (Lipinski definition) is 3. The number of rotatable bonds is 12. The molecule has 3 nitrogen and oxygen atoms in total. The van der Waals surface area contributed by atoms with E-state index in [4.69, 9.17) is 9.47 Å². The molecular weight excluding hydrogens is 395 g/mol. The maximum Gasteiger partial charge on any atom is 0.422 e. The molecule has 2 rings (SSSR count). The first kappa shape index (κ1) is 24.3. The van der Waals surface area contributed by atoms with E-state index >= 15 is 0 Å². The van der Waals surface area contributed by atoms with Crippen molar-refractivity contribution in [3.63, 3.8) is 0 Å².